The van der Waals surface area contributed by atoms with Crippen molar-refractivity contribution in [2.24, 2.45) is 0 Å². The van der Waals surface area contributed by atoms with E-state index in [1.807, 2.05) is 85.8 Å². The standard InChI is InChI=1S/C22H20BrNO/c1-16-7-9-18(10-8-16)22(25)15-21(17-11-13-19(23)14-12-17)24-20-5-3-2-4-6-20/h2-14,21,24H,15H2,1H3. The van der Waals surface area contributed by atoms with Gasteiger partial charge in [0.05, 0.1) is 6.04 Å². The summed E-state index contributed by atoms with van der Waals surface area (Å²) >= 11 is 3.47. The first kappa shape index (κ1) is 17.4. The molecule has 0 spiro atoms. The fraction of sp³-hybridized carbons (Fsp3) is 0.136. The first-order valence-corrected chi connectivity index (χ1v) is 9.08. The van der Waals surface area contributed by atoms with E-state index in [2.05, 4.69) is 21.2 Å². The minimum absolute atomic E-state index is 0.0793. The molecule has 3 aromatic carbocycles. The summed E-state index contributed by atoms with van der Waals surface area (Å²) in [5.74, 6) is 0.136. The van der Waals surface area contributed by atoms with E-state index >= 15 is 0 Å². The van der Waals surface area contributed by atoms with Gasteiger partial charge in [-0.3, -0.25) is 4.79 Å². The lowest BCUT2D eigenvalue weighted by atomic mass is 9.97. The fourth-order valence-corrected chi connectivity index (χ4v) is 2.99. The molecule has 3 rings (SSSR count). The molecule has 0 heterocycles. The van der Waals surface area contributed by atoms with Crippen LogP contribution in [0.2, 0.25) is 0 Å². The molecule has 0 saturated carbocycles. The van der Waals surface area contributed by atoms with Gasteiger partial charge in [0.2, 0.25) is 0 Å². The van der Waals surface area contributed by atoms with Gasteiger partial charge < -0.3 is 5.32 Å². The molecule has 0 aliphatic rings. The average molecular weight is 394 g/mol. The third kappa shape index (κ3) is 4.80. The number of benzene rings is 3. The summed E-state index contributed by atoms with van der Waals surface area (Å²) < 4.78 is 1.03. The lowest BCUT2D eigenvalue weighted by Crippen LogP contribution is -2.15. The van der Waals surface area contributed by atoms with Crippen LogP contribution in [0.4, 0.5) is 5.69 Å². The van der Waals surface area contributed by atoms with Crippen molar-refractivity contribution in [2.45, 2.75) is 19.4 Å². The molecular formula is C22H20BrNO. The van der Waals surface area contributed by atoms with Crippen molar-refractivity contribution < 1.29 is 4.79 Å². The highest BCUT2D eigenvalue weighted by molar-refractivity contribution is 9.10. The number of nitrogens with one attached hydrogen (secondary N) is 1. The Balaban J connectivity index is 1.83. The zero-order valence-corrected chi connectivity index (χ0v) is 15.7. The van der Waals surface area contributed by atoms with Gasteiger partial charge in [0, 0.05) is 22.1 Å². The first-order valence-electron chi connectivity index (χ1n) is 8.29. The summed E-state index contributed by atoms with van der Waals surface area (Å²) in [6, 6.07) is 25.8. The first-order chi connectivity index (χ1) is 12.1. The van der Waals surface area contributed by atoms with Gasteiger partial charge in [0.1, 0.15) is 0 Å². The molecule has 1 unspecified atom stereocenters. The monoisotopic (exact) mass is 393 g/mol. The predicted molar refractivity (Wildman–Crippen MR) is 107 cm³/mol. The Kier molecular flexibility index (Phi) is 5.67. The van der Waals surface area contributed by atoms with E-state index < -0.39 is 0 Å². The molecule has 0 aliphatic heterocycles. The molecule has 0 saturated heterocycles. The van der Waals surface area contributed by atoms with E-state index in [0.29, 0.717) is 6.42 Å². The molecule has 25 heavy (non-hydrogen) atoms. The van der Waals surface area contributed by atoms with Crippen LogP contribution in [0.1, 0.15) is 33.9 Å². The summed E-state index contributed by atoms with van der Waals surface area (Å²) in [5.41, 5.74) is 4.01. The number of carbonyl (C=O) groups excluding carboxylic acids is 1. The molecule has 3 aromatic rings. The molecule has 0 aromatic heterocycles. The average Bonchev–Trinajstić information content (AvgIpc) is 2.63. The van der Waals surface area contributed by atoms with Crippen LogP contribution in [0.5, 0.6) is 0 Å². The van der Waals surface area contributed by atoms with Crippen molar-refractivity contribution in [1.29, 1.82) is 0 Å². The van der Waals surface area contributed by atoms with Crippen LogP contribution in [0.15, 0.2) is 83.3 Å². The second-order valence-electron chi connectivity index (χ2n) is 6.11. The molecule has 126 valence electrons. The Morgan fingerprint density at radius 3 is 2.20 bits per heavy atom. The Morgan fingerprint density at radius 1 is 0.920 bits per heavy atom. The molecule has 0 fully saturated rings. The van der Waals surface area contributed by atoms with Gasteiger partial charge >= 0.3 is 0 Å². The van der Waals surface area contributed by atoms with E-state index in [-0.39, 0.29) is 11.8 Å². The number of rotatable bonds is 6. The van der Waals surface area contributed by atoms with Crippen molar-refractivity contribution in [3.8, 4) is 0 Å². The minimum Gasteiger partial charge on any atom is -0.378 e. The third-order valence-corrected chi connectivity index (χ3v) is 4.68. The third-order valence-electron chi connectivity index (χ3n) is 4.15. The molecule has 0 radical (unpaired) electrons. The lowest BCUT2D eigenvalue weighted by molar-refractivity contribution is 0.0976. The number of para-hydroxylation sites is 1. The second-order valence-corrected chi connectivity index (χ2v) is 7.02. The Labute approximate surface area is 157 Å². The number of aryl methyl sites for hydroxylation is 1. The fourth-order valence-electron chi connectivity index (χ4n) is 2.73. The van der Waals surface area contributed by atoms with Gasteiger partial charge in [-0.2, -0.15) is 0 Å². The summed E-state index contributed by atoms with van der Waals surface area (Å²) in [7, 11) is 0. The van der Waals surface area contributed by atoms with E-state index in [1.54, 1.807) is 0 Å². The largest absolute Gasteiger partial charge is 0.378 e. The summed E-state index contributed by atoms with van der Waals surface area (Å²) in [5, 5.41) is 3.49. The minimum atomic E-state index is -0.0793. The smallest absolute Gasteiger partial charge is 0.165 e. The number of carbonyl (C=O) groups is 1. The Bertz CT molecular complexity index is 826. The Morgan fingerprint density at radius 2 is 1.56 bits per heavy atom. The van der Waals surface area contributed by atoms with Gasteiger partial charge in [-0.1, -0.05) is 76.1 Å². The van der Waals surface area contributed by atoms with Crippen molar-refractivity contribution in [2.75, 3.05) is 5.32 Å². The summed E-state index contributed by atoms with van der Waals surface area (Å²) in [4.78, 5) is 12.7. The van der Waals surface area contributed by atoms with Gasteiger partial charge in [0.25, 0.3) is 0 Å². The lowest BCUT2D eigenvalue weighted by Gasteiger charge is -2.20. The van der Waals surface area contributed by atoms with E-state index in [0.717, 1.165) is 26.9 Å². The normalized spacial score (nSPS) is 11.8. The maximum atomic E-state index is 12.7. The highest BCUT2D eigenvalue weighted by Gasteiger charge is 2.17. The number of hydrogen-bond donors (Lipinski definition) is 1. The zero-order chi connectivity index (χ0) is 17.6. The SMILES string of the molecule is Cc1ccc(C(=O)CC(Nc2ccccc2)c2ccc(Br)cc2)cc1. The van der Waals surface area contributed by atoms with Crippen molar-refractivity contribution >= 4 is 27.4 Å². The molecule has 0 amide bonds. The van der Waals surface area contributed by atoms with Gasteiger partial charge in [0.15, 0.2) is 5.78 Å². The topological polar surface area (TPSA) is 29.1 Å². The maximum absolute atomic E-state index is 12.7. The van der Waals surface area contributed by atoms with Gasteiger partial charge in [-0.05, 0) is 36.8 Å². The summed E-state index contributed by atoms with van der Waals surface area (Å²) in [6.07, 6.45) is 0.402. The predicted octanol–water partition coefficient (Wildman–Crippen LogP) is 6.18. The highest BCUT2D eigenvalue weighted by Crippen LogP contribution is 2.26. The van der Waals surface area contributed by atoms with E-state index in [1.165, 1.54) is 0 Å². The second kappa shape index (κ2) is 8.13. The number of halogens is 1. The molecule has 2 nitrogen and oxygen atoms in total. The van der Waals surface area contributed by atoms with Crippen LogP contribution in [0.25, 0.3) is 0 Å². The molecule has 3 heteroatoms. The van der Waals surface area contributed by atoms with Crippen LogP contribution in [-0.2, 0) is 0 Å². The van der Waals surface area contributed by atoms with Crippen LogP contribution in [0, 0.1) is 6.92 Å². The van der Waals surface area contributed by atoms with Crippen LogP contribution in [0.3, 0.4) is 0 Å². The molecular weight excluding hydrogens is 374 g/mol. The van der Waals surface area contributed by atoms with Gasteiger partial charge in [-0.15, -0.1) is 0 Å². The molecule has 1 N–H and O–H groups in total. The van der Waals surface area contributed by atoms with Crippen LogP contribution in [-0.4, -0.2) is 5.78 Å². The number of hydrogen-bond acceptors (Lipinski definition) is 2. The molecule has 1 atom stereocenters. The number of Topliss-reactive ketones (excluding diaryl/α,β-unsaturated/α-hetero) is 1. The highest BCUT2D eigenvalue weighted by atomic mass is 79.9. The van der Waals surface area contributed by atoms with Crippen LogP contribution >= 0.6 is 15.9 Å². The van der Waals surface area contributed by atoms with Gasteiger partial charge in [-0.25, -0.2) is 0 Å². The number of anilines is 1. The maximum Gasteiger partial charge on any atom is 0.165 e. The van der Waals surface area contributed by atoms with Crippen molar-refractivity contribution in [1.82, 2.24) is 0 Å². The summed E-state index contributed by atoms with van der Waals surface area (Å²) in [6.45, 7) is 2.02. The van der Waals surface area contributed by atoms with Crippen LogP contribution < -0.4 is 5.32 Å². The Hall–Kier alpha value is -2.39. The quantitative estimate of drug-likeness (QED) is 0.506. The molecule has 0 bridgehead atoms. The zero-order valence-electron chi connectivity index (χ0n) is 14.1. The van der Waals surface area contributed by atoms with Crippen molar-refractivity contribution in [3.63, 3.8) is 0 Å². The van der Waals surface area contributed by atoms with Crippen molar-refractivity contribution in [3.05, 3.63) is 100 Å². The van der Waals surface area contributed by atoms with E-state index in [4.69, 9.17) is 0 Å². The molecule has 0 aliphatic carbocycles. The van der Waals surface area contributed by atoms with E-state index in [9.17, 15) is 4.79 Å². The number of ketones is 1.